The summed E-state index contributed by atoms with van der Waals surface area (Å²) in [5, 5.41) is 4.20. The Labute approximate surface area is 213 Å². The number of benzene rings is 1. The van der Waals surface area contributed by atoms with E-state index in [0.29, 0.717) is 10.9 Å². The third kappa shape index (κ3) is 8.89. The summed E-state index contributed by atoms with van der Waals surface area (Å²) in [4.78, 5) is 27.0. The first-order valence-corrected chi connectivity index (χ1v) is 13.5. The molecule has 3 rings (SSSR count). The van der Waals surface area contributed by atoms with E-state index < -0.39 is 0 Å². The average molecular weight is 517 g/mol. The van der Waals surface area contributed by atoms with Gasteiger partial charge in [-0.2, -0.15) is 0 Å². The molecule has 0 atom stereocenters. The van der Waals surface area contributed by atoms with Gasteiger partial charge in [0.2, 0.25) is 5.91 Å². The maximum absolute atomic E-state index is 12.8. The summed E-state index contributed by atoms with van der Waals surface area (Å²) in [7, 11) is 0. The van der Waals surface area contributed by atoms with Gasteiger partial charge in [-0.15, -0.1) is 12.4 Å². The van der Waals surface area contributed by atoms with E-state index in [1.807, 2.05) is 11.0 Å². The molecule has 1 amide bonds. The number of hydrogen-bond acceptors (Lipinski definition) is 4. The molecule has 5 nitrogen and oxygen atoms in total. The summed E-state index contributed by atoms with van der Waals surface area (Å²) in [5.74, 6) is 0.661. The number of nitrogens with zero attached hydrogens (tertiary/aromatic N) is 2. The Bertz CT molecular complexity index is 907. The molecule has 1 fully saturated rings. The lowest BCUT2D eigenvalue weighted by molar-refractivity contribution is -0.133. The highest BCUT2D eigenvalue weighted by atomic mass is 35.5. The van der Waals surface area contributed by atoms with Crippen LogP contribution in [0.15, 0.2) is 23.0 Å². The molecule has 33 heavy (non-hydrogen) atoms. The van der Waals surface area contributed by atoms with Gasteiger partial charge < -0.3 is 10.2 Å². The van der Waals surface area contributed by atoms with Gasteiger partial charge in [0.1, 0.15) is 6.54 Å². The Balaban J connectivity index is 0.00000385. The highest BCUT2D eigenvalue weighted by Crippen LogP contribution is 2.22. The fourth-order valence-corrected chi connectivity index (χ4v) is 5.53. The van der Waals surface area contributed by atoms with Crippen LogP contribution in [-0.4, -0.2) is 41.6 Å². The van der Waals surface area contributed by atoms with Crippen molar-refractivity contribution >= 4 is 51.5 Å². The second-order valence-corrected chi connectivity index (χ2v) is 10.5. The quantitative estimate of drug-likeness (QED) is 0.327. The maximum Gasteiger partial charge on any atom is 0.308 e. The van der Waals surface area contributed by atoms with Crippen molar-refractivity contribution in [2.24, 2.45) is 5.92 Å². The van der Waals surface area contributed by atoms with Gasteiger partial charge in [0, 0.05) is 18.1 Å². The highest BCUT2D eigenvalue weighted by Gasteiger charge is 2.23. The zero-order valence-corrected chi connectivity index (χ0v) is 22.2. The molecule has 1 saturated heterocycles. The number of nitrogens with one attached hydrogen (secondary N) is 1. The van der Waals surface area contributed by atoms with Gasteiger partial charge in [0.05, 0.1) is 10.2 Å². The predicted octanol–water partition coefficient (Wildman–Crippen LogP) is 6.11. The van der Waals surface area contributed by atoms with Crippen molar-refractivity contribution in [1.29, 1.82) is 0 Å². The first-order chi connectivity index (χ1) is 15.6. The fourth-order valence-electron chi connectivity index (χ4n) is 4.50. The van der Waals surface area contributed by atoms with E-state index in [-0.39, 0.29) is 29.7 Å². The molecular weight excluding hydrogens is 477 g/mol. The van der Waals surface area contributed by atoms with Crippen LogP contribution in [0.3, 0.4) is 0 Å². The van der Waals surface area contributed by atoms with Crippen LogP contribution in [-0.2, 0) is 11.3 Å². The summed E-state index contributed by atoms with van der Waals surface area (Å²) in [6, 6.07) is 5.39. The van der Waals surface area contributed by atoms with Crippen molar-refractivity contribution in [2.45, 2.75) is 77.7 Å². The number of hydrogen-bond donors (Lipinski definition) is 1. The maximum atomic E-state index is 12.8. The number of carbonyl (C=O) groups is 1. The Morgan fingerprint density at radius 1 is 1.09 bits per heavy atom. The molecule has 0 radical (unpaired) electrons. The number of aromatic nitrogens is 1. The van der Waals surface area contributed by atoms with Crippen molar-refractivity contribution in [3.05, 3.63) is 32.9 Å². The number of unbranched alkanes of at least 4 members (excludes halogenated alkanes) is 7. The van der Waals surface area contributed by atoms with Crippen LogP contribution >= 0.6 is 35.3 Å². The van der Waals surface area contributed by atoms with Crippen LogP contribution in [0, 0.1) is 5.92 Å². The van der Waals surface area contributed by atoms with Crippen LogP contribution in [0.4, 0.5) is 0 Å². The van der Waals surface area contributed by atoms with Gasteiger partial charge >= 0.3 is 4.87 Å². The number of thiazole rings is 1. The molecule has 1 N–H and O–H groups in total. The van der Waals surface area contributed by atoms with Crippen LogP contribution in [0.1, 0.15) is 71.1 Å². The van der Waals surface area contributed by atoms with Crippen LogP contribution in [0.2, 0.25) is 5.02 Å². The monoisotopic (exact) mass is 515 g/mol. The minimum Gasteiger partial charge on any atom is -0.341 e. The largest absolute Gasteiger partial charge is 0.341 e. The van der Waals surface area contributed by atoms with Gasteiger partial charge in [0.15, 0.2) is 0 Å². The van der Waals surface area contributed by atoms with Gasteiger partial charge in [-0.25, -0.2) is 0 Å². The van der Waals surface area contributed by atoms with Gasteiger partial charge in [-0.05, 0) is 56.5 Å². The van der Waals surface area contributed by atoms with Crippen molar-refractivity contribution in [2.75, 3.05) is 26.2 Å². The Hall–Kier alpha value is -1.08. The second kappa shape index (κ2) is 15.0. The van der Waals surface area contributed by atoms with Crippen LogP contribution in [0.25, 0.3) is 10.2 Å². The molecule has 186 valence electrons. The van der Waals surface area contributed by atoms with Crippen molar-refractivity contribution in [1.82, 2.24) is 14.8 Å². The molecule has 8 heteroatoms. The second-order valence-electron chi connectivity index (χ2n) is 9.07. The Morgan fingerprint density at radius 2 is 1.76 bits per heavy atom. The number of carbonyl (C=O) groups excluding carboxylic acids is 1. The number of piperidine rings is 1. The summed E-state index contributed by atoms with van der Waals surface area (Å²) in [5.41, 5.74) is 0.751. The molecule has 2 heterocycles. The van der Waals surface area contributed by atoms with Crippen molar-refractivity contribution < 1.29 is 4.79 Å². The zero-order valence-electron chi connectivity index (χ0n) is 19.8. The standard InChI is InChI=1S/C25H38ClN3O2S.ClH/c1-2-3-4-5-6-7-8-9-14-27-18-20-12-15-28(16-13-20)24(30)19-29-22-17-21(26)10-11-23(22)32-25(29)31;/h10-11,17,20,27H,2-9,12-16,18-19H2,1H3;1H. The van der Waals surface area contributed by atoms with Gasteiger partial charge in [-0.1, -0.05) is 74.8 Å². The van der Waals surface area contributed by atoms with Crippen LogP contribution in [0.5, 0.6) is 0 Å². The molecule has 0 aliphatic carbocycles. The normalized spacial score (nSPS) is 14.5. The smallest absolute Gasteiger partial charge is 0.308 e. The first-order valence-electron chi connectivity index (χ1n) is 12.4. The molecule has 0 bridgehead atoms. The van der Waals surface area contributed by atoms with Gasteiger partial charge in [0.25, 0.3) is 0 Å². The molecular formula is C25H39Cl2N3O2S. The number of rotatable bonds is 13. The van der Waals surface area contributed by atoms with Crippen LogP contribution < -0.4 is 10.2 Å². The molecule has 0 spiro atoms. The lowest BCUT2D eigenvalue weighted by Gasteiger charge is -2.32. The topological polar surface area (TPSA) is 54.3 Å². The zero-order chi connectivity index (χ0) is 22.8. The minimum atomic E-state index is -0.101. The van der Waals surface area contributed by atoms with E-state index in [0.717, 1.165) is 49.2 Å². The van der Waals surface area contributed by atoms with E-state index in [4.69, 9.17) is 11.6 Å². The number of fused-ring (bicyclic) bond motifs is 1. The summed E-state index contributed by atoms with van der Waals surface area (Å²) in [6.45, 7) is 6.07. The molecule has 1 aliphatic heterocycles. The lowest BCUT2D eigenvalue weighted by Crippen LogP contribution is -2.42. The molecule has 1 aliphatic rings. The summed E-state index contributed by atoms with van der Waals surface area (Å²) < 4.78 is 2.43. The molecule has 2 aromatic rings. The Morgan fingerprint density at radius 3 is 2.45 bits per heavy atom. The van der Waals surface area contributed by atoms with Crippen molar-refractivity contribution in [3.63, 3.8) is 0 Å². The van der Waals surface area contributed by atoms with E-state index >= 15 is 0 Å². The number of amides is 1. The molecule has 1 aromatic heterocycles. The molecule has 0 unspecified atom stereocenters. The van der Waals surface area contributed by atoms with E-state index in [9.17, 15) is 9.59 Å². The fraction of sp³-hybridized carbons (Fsp3) is 0.680. The third-order valence-electron chi connectivity index (χ3n) is 6.53. The highest BCUT2D eigenvalue weighted by molar-refractivity contribution is 7.16. The van der Waals surface area contributed by atoms with E-state index in [1.54, 1.807) is 16.7 Å². The summed E-state index contributed by atoms with van der Waals surface area (Å²) >= 11 is 7.26. The number of halogens is 2. The third-order valence-corrected chi connectivity index (χ3v) is 7.73. The van der Waals surface area contributed by atoms with Crippen molar-refractivity contribution in [3.8, 4) is 0 Å². The predicted molar refractivity (Wildman–Crippen MR) is 143 cm³/mol. The average Bonchev–Trinajstić information content (AvgIpc) is 3.09. The summed E-state index contributed by atoms with van der Waals surface area (Å²) in [6.07, 6.45) is 12.9. The Kier molecular flexibility index (Phi) is 12.8. The van der Waals surface area contributed by atoms with E-state index in [1.165, 1.54) is 62.7 Å². The lowest BCUT2D eigenvalue weighted by atomic mass is 9.96. The molecule has 1 aromatic carbocycles. The van der Waals surface area contributed by atoms with Gasteiger partial charge in [-0.3, -0.25) is 14.2 Å². The number of likely N-dealkylation sites (tertiary alicyclic amines) is 1. The SMILES string of the molecule is CCCCCCCCCCNCC1CCN(C(=O)Cn2c(=O)sc3ccc(Cl)cc32)CC1.Cl. The minimum absolute atomic E-state index is 0. The molecule has 0 saturated carbocycles. The first kappa shape index (κ1) is 28.2. The van der Waals surface area contributed by atoms with E-state index in [2.05, 4.69) is 12.2 Å².